The molecule has 4 atom stereocenters. The van der Waals surface area contributed by atoms with Gasteiger partial charge in [-0.1, -0.05) is 13.8 Å². The van der Waals surface area contributed by atoms with Crippen LogP contribution in [0.1, 0.15) is 20.3 Å². The number of hydrogen-bond donors (Lipinski definition) is 1. The Morgan fingerprint density at radius 2 is 1.92 bits per heavy atom. The third-order valence-corrected chi connectivity index (χ3v) is 8.40. The van der Waals surface area contributed by atoms with Crippen LogP contribution in [-0.4, -0.2) is 104 Å². The van der Waals surface area contributed by atoms with E-state index in [0.717, 1.165) is 0 Å². The van der Waals surface area contributed by atoms with Crippen LogP contribution >= 0.6 is 7.55 Å². The van der Waals surface area contributed by atoms with E-state index in [-0.39, 0.29) is 37.3 Å². The van der Waals surface area contributed by atoms with Crippen LogP contribution in [0.25, 0.3) is 0 Å². The first kappa shape index (κ1) is 30.5. The molecule has 4 unspecified atom stereocenters. The number of alkyl carbamates (subject to hydrolysis) is 1. The first-order valence-corrected chi connectivity index (χ1v) is 15.5. The Balaban J connectivity index is 2.22. The van der Waals surface area contributed by atoms with Gasteiger partial charge in [0.1, 0.15) is 24.8 Å². The fraction of sp³-hybridized carbons (Fsp3) is 0.667. The molecule has 1 heterocycles. The van der Waals surface area contributed by atoms with E-state index in [9.17, 15) is 13.2 Å². The van der Waals surface area contributed by atoms with Gasteiger partial charge >= 0.3 is 6.09 Å². The molecule has 204 valence electrons. The first-order valence-electron chi connectivity index (χ1n) is 11.9. The van der Waals surface area contributed by atoms with Crippen LogP contribution in [0.5, 0.6) is 5.75 Å². The van der Waals surface area contributed by atoms with Crippen molar-refractivity contribution in [2.24, 2.45) is 5.92 Å². The van der Waals surface area contributed by atoms with Crippen molar-refractivity contribution in [3.05, 3.63) is 24.3 Å². The maximum absolute atomic E-state index is 13.6. The summed E-state index contributed by atoms with van der Waals surface area (Å²) in [6.07, 6.45) is 3.52. The van der Waals surface area contributed by atoms with Crippen molar-refractivity contribution in [1.29, 1.82) is 0 Å². The molecule has 0 saturated carbocycles. The van der Waals surface area contributed by atoms with Crippen molar-refractivity contribution in [3.63, 3.8) is 0 Å². The molecule has 0 bridgehead atoms. The molecule has 36 heavy (non-hydrogen) atoms. The number of methoxy groups -OCH3 is 2. The molecule has 1 aromatic rings. The monoisotopic (exact) mass is 547 g/mol. The van der Waals surface area contributed by atoms with E-state index in [4.69, 9.17) is 23.7 Å². The molecule has 1 N–H and O–H groups in total. The second-order valence-corrected chi connectivity index (χ2v) is 13.2. The predicted octanol–water partition coefficient (Wildman–Crippen LogP) is 2.76. The number of carbonyl (C=O) groups excluding carboxylic acids is 1. The number of rotatable bonds is 13. The van der Waals surface area contributed by atoms with Gasteiger partial charge in [0.05, 0.1) is 57.9 Å². The van der Waals surface area contributed by atoms with Crippen LogP contribution in [0.3, 0.4) is 0 Å². The third-order valence-electron chi connectivity index (χ3n) is 5.54. The molecule has 1 saturated heterocycles. The van der Waals surface area contributed by atoms with E-state index >= 15 is 0 Å². The van der Waals surface area contributed by atoms with Gasteiger partial charge in [-0.25, -0.2) is 13.2 Å². The molecule has 0 aromatic heterocycles. The lowest BCUT2D eigenvalue weighted by Crippen LogP contribution is -2.52. The van der Waals surface area contributed by atoms with Gasteiger partial charge < -0.3 is 29.0 Å². The number of ether oxygens (including phenoxy) is 5. The van der Waals surface area contributed by atoms with Crippen LogP contribution in [0.4, 0.5) is 4.79 Å². The minimum atomic E-state index is -3.83. The summed E-state index contributed by atoms with van der Waals surface area (Å²) in [5, 5.41) is 2.89. The molecule has 0 spiro atoms. The molecule has 12 heteroatoms. The van der Waals surface area contributed by atoms with E-state index in [2.05, 4.69) is 11.6 Å². The van der Waals surface area contributed by atoms with E-state index < -0.39 is 41.9 Å². The summed E-state index contributed by atoms with van der Waals surface area (Å²) in [5.41, 5.74) is 0. The number of nitrogens with zero attached hydrogens (tertiary/aromatic N) is 1. The second-order valence-electron chi connectivity index (χ2n) is 9.17. The average Bonchev–Trinajstić information content (AvgIpc) is 3.09. The Bertz CT molecular complexity index is 934. The summed E-state index contributed by atoms with van der Waals surface area (Å²) in [7, 11) is -1.47. The normalized spacial score (nSPS) is 18.9. The zero-order chi connectivity index (χ0) is 26.7. The largest absolute Gasteiger partial charge is 0.497 e. The molecular weight excluding hydrogens is 507 g/mol. The molecule has 1 amide bonds. The SMILES string of the molecule is C=[P+](C)CC(NC(=O)OC1CCOCOC1)C(CN(CC(C)C)S(=O)(=O)c1ccc(OC)cc1)OC. The zero-order valence-electron chi connectivity index (χ0n) is 21.8. The van der Waals surface area contributed by atoms with Crippen molar-refractivity contribution in [3.8, 4) is 5.75 Å². The van der Waals surface area contributed by atoms with Crippen LogP contribution in [0.15, 0.2) is 29.2 Å². The molecule has 0 aliphatic carbocycles. The Morgan fingerprint density at radius 3 is 2.50 bits per heavy atom. The van der Waals surface area contributed by atoms with Crippen LogP contribution < -0.4 is 10.1 Å². The molecule has 0 radical (unpaired) electrons. The van der Waals surface area contributed by atoms with Gasteiger partial charge in [-0.15, -0.1) is 0 Å². The third kappa shape index (κ3) is 9.61. The molecule has 1 fully saturated rings. The Hall–Kier alpha value is -1.75. The van der Waals surface area contributed by atoms with Crippen LogP contribution in [0, 0.1) is 5.92 Å². The van der Waals surface area contributed by atoms with Crippen LogP contribution in [-0.2, 0) is 29.0 Å². The van der Waals surface area contributed by atoms with Crippen molar-refractivity contribution < 1.29 is 36.9 Å². The average molecular weight is 548 g/mol. The highest BCUT2D eigenvalue weighted by molar-refractivity contribution is 7.89. The maximum Gasteiger partial charge on any atom is 0.407 e. The van der Waals surface area contributed by atoms with Gasteiger partial charge in [0.15, 0.2) is 0 Å². The maximum atomic E-state index is 13.6. The molecule has 2 rings (SSSR count). The number of nitrogens with one attached hydrogen (secondary N) is 1. The minimum absolute atomic E-state index is 0.0531. The highest BCUT2D eigenvalue weighted by Gasteiger charge is 2.34. The molecular formula is C24H40N2O8PS+. The molecule has 1 aliphatic rings. The summed E-state index contributed by atoms with van der Waals surface area (Å²) in [5.74, 6) is 0.639. The molecule has 10 nitrogen and oxygen atoms in total. The summed E-state index contributed by atoms with van der Waals surface area (Å²) >= 11 is 0. The summed E-state index contributed by atoms with van der Waals surface area (Å²) in [4.78, 5) is 12.9. The fourth-order valence-corrected chi connectivity index (χ4v) is 6.37. The lowest BCUT2D eigenvalue weighted by molar-refractivity contribution is -0.0440. The van der Waals surface area contributed by atoms with Crippen molar-refractivity contribution in [2.75, 3.05) is 60.1 Å². The number of benzene rings is 1. The minimum Gasteiger partial charge on any atom is -0.497 e. The molecule has 1 aromatic carbocycles. The molecule has 1 aliphatic heterocycles. The number of amides is 1. The van der Waals surface area contributed by atoms with Gasteiger partial charge in [0, 0.05) is 26.6 Å². The second kappa shape index (κ2) is 14.9. The van der Waals surface area contributed by atoms with Crippen molar-refractivity contribution in [2.45, 2.75) is 43.4 Å². The topological polar surface area (TPSA) is 113 Å². The number of sulfonamides is 1. The smallest absolute Gasteiger partial charge is 0.407 e. The van der Waals surface area contributed by atoms with Gasteiger partial charge in [-0.3, -0.25) is 0 Å². The highest BCUT2D eigenvalue weighted by Crippen LogP contribution is 2.23. The Morgan fingerprint density at radius 1 is 1.22 bits per heavy atom. The summed E-state index contributed by atoms with van der Waals surface area (Å²) < 4.78 is 55.5. The van der Waals surface area contributed by atoms with Crippen LogP contribution in [0.2, 0.25) is 0 Å². The zero-order valence-corrected chi connectivity index (χ0v) is 23.6. The Kier molecular flexibility index (Phi) is 12.6. The van der Waals surface area contributed by atoms with Crippen molar-refractivity contribution in [1.82, 2.24) is 9.62 Å². The lowest BCUT2D eigenvalue weighted by atomic mass is 10.1. The Labute approximate surface area is 216 Å². The number of carbonyl (C=O) groups is 1. The quantitative estimate of drug-likeness (QED) is 0.375. The summed E-state index contributed by atoms with van der Waals surface area (Å²) in [6.45, 7) is 7.09. The van der Waals surface area contributed by atoms with E-state index in [1.54, 1.807) is 12.1 Å². The fourth-order valence-electron chi connectivity index (χ4n) is 3.76. The summed E-state index contributed by atoms with van der Waals surface area (Å²) in [6, 6.07) is 5.78. The van der Waals surface area contributed by atoms with Gasteiger partial charge in [-0.2, -0.15) is 4.31 Å². The van der Waals surface area contributed by atoms with Gasteiger partial charge in [0.2, 0.25) is 10.0 Å². The van der Waals surface area contributed by atoms with Crippen molar-refractivity contribution >= 4 is 30.0 Å². The number of hydrogen-bond acceptors (Lipinski definition) is 8. The van der Waals surface area contributed by atoms with Gasteiger partial charge in [-0.05, 0) is 30.2 Å². The standard InChI is InChI=1S/C24H39N2O8PS/c1-18(2)13-26(36(28,29)21-9-7-19(30-3)8-10-21)14-23(31-4)22(16-35(5)6)25-24(27)34-20-11-12-32-17-33-15-20/h7-10,18,20,22-23H,5,11-17H2,1-4,6H3/p+1. The lowest BCUT2D eigenvalue weighted by Gasteiger charge is -2.31. The predicted molar refractivity (Wildman–Crippen MR) is 141 cm³/mol. The highest BCUT2D eigenvalue weighted by atomic mass is 32.2. The van der Waals surface area contributed by atoms with E-state index in [0.29, 0.717) is 24.9 Å². The first-order chi connectivity index (χ1) is 17.1. The van der Waals surface area contributed by atoms with E-state index in [1.165, 1.54) is 30.7 Å². The van der Waals surface area contributed by atoms with Gasteiger partial charge in [0.25, 0.3) is 0 Å². The van der Waals surface area contributed by atoms with E-state index in [1.807, 2.05) is 20.5 Å².